The number of β-lactam (4-membered cyclic amide) rings is 1. The van der Waals surface area contributed by atoms with E-state index in [4.69, 9.17) is 25.9 Å². The lowest BCUT2D eigenvalue weighted by Crippen LogP contribution is -2.71. The topological polar surface area (TPSA) is 166 Å². The number of ether oxygens (including phenoxy) is 2. The van der Waals surface area contributed by atoms with Gasteiger partial charge in [0.2, 0.25) is 5.91 Å². The average molecular weight is 588 g/mol. The van der Waals surface area contributed by atoms with Gasteiger partial charge in [-0.25, -0.2) is 9.78 Å². The van der Waals surface area contributed by atoms with Gasteiger partial charge in [0.15, 0.2) is 10.8 Å². The van der Waals surface area contributed by atoms with Gasteiger partial charge in [-0.3, -0.25) is 24.1 Å². The Balaban J connectivity index is 1.80. The standard InChI is InChI=1S/C22H26ClN5O8S2/c1-10(29)35-7-11-8-37-19-15(18(32)28(19)16(11)20(33)36-22(2,3)4)26-17(31)14(27-34-5)12-9-38-21(24-12)25-13(30)6-23/h9,15,19H,6-8H2,1-5H3,(H,26,31)(H,24,25,30)/t15-,19+/m0/s1. The van der Waals surface area contributed by atoms with E-state index in [2.05, 4.69) is 20.8 Å². The first kappa shape index (κ1) is 29.4. The normalized spacial score (nSPS) is 19.3. The lowest BCUT2D eigenvalue weighted by atomic mass is 10.0. The fourth-order valence-electron chi connectivity index (χ4n) is 3.40. The molecule has 2 aliphatic heterocycles. The van der Waals surface area contributed by atoms with Crippen LogP contribution in [-0.4, -0.2) is 87.6 Å². The molecule has 1 fully saturated rings. The Labute approximate surface area is 231 Å². The van der Waals surface area contributed by atoms with Crippen LogP contribution in [0.3, 0.4) is 0 Å². The van der Waals surface area contributed by atoms with E-state index in [0.717, 1.165) is 11.3 Å². The minimum atomic E-state index is -0.990. The van der Waals surface area contributed by atoms with Crippen molar-refractivity contribution in [3.8, 4) is 0 Å². The first-order chi connectivity index (χ1) is 17.9. The van der Waals surface area contributed by atoms with Crippen molar-refractivity contribution < 1.29 is 38.3 Å². The molecule has 0 radical (unpaired) electrons. The minimum absolute atomic E-state index is 0.00891. The van der Waals surface area contributed by atoms with Gasteiger partial charge in [-0.05, 0) is 20.8 Å². The molecular weight excluding hydrogens is 562 g/mol. The fourth-order valence-corrected chi connectivity index (χ4v) is 5.50. The molecule has 13 nitrogen and oxygen atoms in total. The maximum Gasteiger partial charge on any atom is 0.355 e. The van der Waals surface area contributed by atoms with Crippen LogP contribution in [0, 0.1) is 0 Å². The number of thiazole rings is 1. The summed E-state index contributed by atoms with van der Waals surface area (Å²) in [6.07, 6.45) is 0. The van der Waals surface area contributed by atoms with Crippen LogP contribution in [0.5, 0.6) is 0 Å². The average Bonchev–Trinajstić information content (AvgIpc) is 3.30. The van der Waals surface area contributed by atoms with Gasteiger partial charge in [0, 0.05) is 23.6 Å². The Morgan fingerprint density at radius 1 is 1.29 bits per heavy atom. The van der Waals surface area contributed by atoms with Gasteiger partial charge >= 0.3 is 11.9 Å². The number of oxime groups is 1. The van der Waals surface area contributed by atoms with Gasteiger partial charge in [0.1, 0.15) is 48.0 Å². The third-order valence-electron chi connectivity index (χ3n) is 4.89. The van der Waals surface area contributed by atoms with E-state index in [0.29, 0.717) is 5.57 Å². The Bertz CT molecular complexity index is 1210. The summed E-state index contributed by atoms with van der Waals surface area (Å²) >= 11 is 7.82. The predicted molar refractivity (Wildman–Crippen MR) is 140 cm³/mol. The van der Waals surface area contributed by atoms with E-state index in [1.807, 2.05) is 0 Å². The van der Waals surface area contributed by atoms with Crippen molar-refractivity contribution in [1.82, 2.24) is 15.2 Å². The molecule has 3 heterocycles. The third kappa shape index (κ3) is 6.82. The van der Waals surface area contributed by atoms with Crippen molar-refractivity contribution in [2.45, 2.75) is 44.7 Å². The number of halogens is 1. The molecule has 3 rings (SSSR count). The fraction of sp³-hybridized carbons (Fsp3) is 0.500. The molecule has 3 amide bonds. The number of hydrogen-bond acceptors (Lipinski definition) is 12. The van der Waals surface area contributed by atoms with Gasteiger partial charge in [-0.1, -0.05) is 5.16 Å². The number of carbonyl (C=O) groups is 5. The van der Waals surface area contributed by atoms with Crippen molar-refractivity contribution in [3.05, 3.63) is 22.3 Å². The molecule has 0 saturated carbocycles. The Hall–Kier alpha value is -3.17. The van der Waals surface area contributed by atoms with E-state index in [1.54, 1.807) is 20.8 Å². The number of amides is 3. The molecule has 0 aliphatic carbocycles. The number of rotatable bonds is 9. The number of carbonyl (C=O) groups excluding carboxylic acids is 5. The molecule has 1 aromatic heterocycles. The monoisotopic (exact) mass is 587 g/mol. The summed E-state index contributed by atoms with van der Waals surface area (Å²) in [5, 5.41) is 9.88. The summed E-state index contributed by atoms with van der Waals surface area (Å²) in [6.45, 7) is 6.13. The summed E-state index contributed by atoms with van der Waals surface area (Å²) in [4.78, 5) is 72.3. The highest BCUT2D eigenvalue weighted by atomic mass is 35.5. The SMILES string of the molecule is CON=C(C(=O)N[C@H]1C(=O)N2C(C(=O)OC(C)(C)C)=C(COC(C)=O)CS[C@H]12)c1csc(NC(=O)CCl)n1. The molecule has 1 saturated heterocycles. The van der Waals surface area contributed by atoms with Gasteiger partial charge in [-0.2, -0.15) is 0 Å². The molecule has 0 bridgehead atoms. The molecule has 0 unspecified atom stereocenters. The summed E-state index contributed by atoms with van der Waals surface area (Å²) < 4.78 is 10.6. The number of anilines is 1. The largest absolute Gasteiger partial charge is 0.461 e. The number of fused-ring (bicyclic) bond motifs is 1. The van der Waals surface area contributed by atoms with Gasteiger partial charge in [0.25, 0.3) is 11.8 Å². The number of thioether (sulfide) groups is 1. The maximum atomic E-state index is 13.2. The number of hydrogen-bond donors (Lipinski definition) is 2. The third-order valence-corrected chi connectivity index (χ3v) is 7.23. The molecule has 2 N–H and O–H groups in total. The zero-order chi connectivity index (χ0) is 28.2. The first-order valence-corrected chi connectivity index (χ1v) is 13.6. The van der Waals surface area contributed by atoms with Crippen LogP contribution in [0.15, 0.2) is 21.8 Å². The smallest absolute Gasteiger partial charge is 0.355 e. The second kappa shape index (κ2) is 12.1. The summed E-state index contributed by atoms with van der Waals surface area (Å²) in [5.74, 6) is -3.06. The zero-order valence-electron chi connectivity index (χ0n) is 21.2. The Kier molecular flexibility index (Phi) is 9.38. The number of esters is 2. The van der Waals surface area contributed by atoms with Crippen LogP contribution in [0.2, 0.25) is 0 Å². The molecule has 206 valence electrons. The highest BCUT2D eigenvalue weighted by molar-refractivity contribution is 8.00. The molecule has 1 aromatic rings. The van der Waals surface area contributed by atoms with Crippen LogP contribution in [0.1, 0.15) is 33.4 Å². The quantitative estimate of drug-likeness (QED) is 0.141. The van der Waals surface area contributed by atoms with E-state index in [1.165, 1.54) is 36.1 Å². The van der Waals surface area contributed by atoms with Gasteiger partial charge < -0.3 is 24.9 Å². The van der Waals surface area contributed by atoms with Crippen LogP contribution in [0.4, 0.5) is 5.13 Å². The summed E-state index contributed by atoms with van der Waals surface area (Å²) in [5.41, 5.74) is -0.535. The summed E-state index contributed by atoms with van der Waals surface area (Å²) in [6, 6.07) is -0.990. The number of nitrogens with one attached hydrogen (secondary N) is 2. The first-order valence-electron chi connectivity index (χ1n) is 11.1. The van der Waals surface area contributed by atoms with E-state index < -0.39 is 46.7 Å². The lowest BCUT2D eigenvalue weighted by molar-refractivity contribution is -0.159. The van der Waals surface area contributed by atoms with Gasteiger partial charge in [-0.15, -0.1) is 34.7 Å². The van der Waals surface area contributed by atoms with Crippen molar-refractivity contribution in [3.63, 3.8) is 0 Å². The van der Waals surface area contributed by atoms with Crippen LogP contribution in [-0.2, 0) is 38.3 Å². The van der Waals surface area contributed by atoms with Crippen LogP contribution < -0.4 is 10.6 Å². The summed E-state index contributed by atoms with van der Waals surface area (Å²) in [7, 11) is 1.24. The number of alkyl halides is 1. The Morgan fingerprint density at radius 3 is 2.61 bits per heavy atom. The molecule has 2 atom stereocenters. The molecule has 38 heavy (non-hydrogen) atoms. The molecule has 2 aliphatic rings. The minimum Gasteiger partial charge on any atom is -0.461 e. The Morgan fingerprint density at radius 2 is 2.00 bits per heavy atom. The molecule has 0 spiro atoms. The highest BCUT2D eigenvalue weighted by Crippen LogP contribution is 2.41. The molecule has 0 aromatic carbocycles. The number of nitrogens with zero attached hydrogens (tertiary/aromatic N) is 3. The van der Waals surface area contributed by atoms with E-state index in [9.17, 15) is 24.0 Å². The van der Waals surface area contributed by atoms with Gasteiger partial charge in [0.05, 0.1) is 0 Å². The van der Waals surface area contributed by atoms with Crippen LogP contribution >= 0.6 is 34.7 Å². The van der Waals surface area contributed by atoms with E-state index in [-0.39, 0.29) is 40.5 Å². The predicted octanol–water partition coefficient (Wildman–Crippen LogP) is 1.23. The zero-order valence-corrected chi connectivity index (χ0v) is 23.5. The van der Waals surface area contributed by atoms with Crippen molar-refractivity contribution >= 4 is 75.2 Å². The lowest BCUT2D eigenvalue weighted by Gasteiger charge is -2.49. The molecular formula is C22H26ClN5O8S2. The van der Waals surface area contributed by atoms with Crippen LogP contribution in [0.25, 0.3) is 0 Å². The highest BCUT2D eigenvalue weighted by Gasteiger charge is 2.55. The van der Waals surface area contributed by atoms with Crippen molar-refractivity contribution in [2.75, 3.05) is 30.7 Å². The van der Waals surface area contributed by atoms with Crippen molar-refractivity contribution in [1.29, 1.82) is 0 Å². The maximum absolute atomic E-state index is 13.2. The second-order valence-corrected chi connectivity index (χ2v) is 11.2. The van der Waals surface area contributed by atoms with Crippen molar-refractivity contribution in [2.24, 2.45) is 5.16 Å². The van der Waals surface area contributed by atoms with E-state index >= 15 is 0 Å². The number of aromatic nitrogens is 1. The second-order valence-electron chi connectivity index (χ2n) is 8.94. The molecule has 16 heteroatoms.